The number of fused-ring (bicyclic) bond motifs is 2. The van der Waals surface area contributed by atoms with E-state index in [4.69, 9.17) is 5.73 Å². The number of hydrogen-bond acceptors (Lipinski definition) is 3. The van der Waals surface area contributed by atoms with Gasteiger partial charge in [0.1, 0.15) is 0 Å². The lowest BCUT2D eigenvalue weighted by Crippen LogP contribution is -2.44. The molecule has 0 saturated heterocycles. The molecule has 4 nitrogen and oxygen atoms in total. The van der Waals surface area contributed by atoms with Gasteiger partial charge in [0.05, 0.1) is 12.1 Å². The van der Waals surface area contributed by atoms with Gasteiger partial charge in [0.15, 0.2) is 0 Å². The molecule has 2 heterocycles. The maximum Gasteiger partial charge on any atom is 0.237 e. The first-order chi connectivity index (χ1) is 11.7. The fourth-order valence-electron chi connectivity index (χ4n) is 3.55. The predicted molar refractivity (Wildman–Crippen MR) is 98.1 cm³/mol. The second kappa shape index (κ2) is 6.42. The number of aromatic nitrogens is 1. The molecule has 0 saturated carbocycles. The smallest absolute Gasteiger partial charge is 0.237 e. The Labute approximate surface area is 145 Å². The number of thiophene rings is 1. The highest BCUT2D eigenvalue weighted by atomic mass is 32.1. The normalized spacial score (nSPS) is 18.3. The Morgan fingerprint density at radius 3 is 3.17 bits per heavy atom. The summed E-state index contributed by atoms with van der Waals surface area (Å²) >= 11 is 1.78. The molecule has 24 heavy (non-hydrogen) atoms. The molecular weight excluding hydrogens is 318 g/mol. The first kappa shape index (κ1) is 15.4. The summed E-state index contributed by atoms with van der Waals surface area (Å²) in [6, 6.07) is 9.81. The monoisotopic (exact) mass is 339 g/mol. The van der Waals surface area contributed by atoms with E-state index in [0.717, 1.165) is 35.7 Å². The third kappa shape index (κ3) is 2.85. The zero-order chi connectivity index (χ0) is 16.5. The van der Waals surface area contributed by atoms with E-state index in [-0.39, 0.29) is 11.9 Å². The molecule has 1 aliphatic rings. The van der Waals surface area contributed by atoms with Crippen LogP contribution in [-0.2, 0) is 17.6 Å². The number of hydrogen-bond donors (Lipinski definition) is 3. The standard InChI is InChI=1S/C19H21N3OS/c20-15(10-12-11-21-16-5-2-1-4-13(12)16)19(23)22-17-6-3-7-18-14(17)8-9-24-18/h1-2,4-5,8-9,11,15,17,21H,3,6-7,10,20H2,(H,22,23)/t15-,17?/m0/s1. The van der Waals surface area contributed by atoms with Gasteiger partial charge in [-0.25, -0.2) is 0 Å². The summed E-state index contributed by atoms with van der Waals surface area (Å²) in [5.74, 6) is -0.0654. The number of nitrogens with one attached hydrogen (secondary N) is 2. The zero-order valence-corrected chi connectivity index (χ0v) is 14.2. The molecular formula is C19H21N3OS. The van der Waals surface area contributed by atoms with Crippen molar-refractivity contribution in [3.63, 3.8) is 0 Å². The number of para-hydroxylation sites is 1. The van der Waals surface area contributed by atoms with E-state index in [1.165, 1.54) is 10.4 Å². The van der Waals surface area contributed by atoms with Gasteiger partial charge in [-0.15, -0.1) is 11.3 Å². The summed E-state index contributed by atoms with van der Waals surface area (Å²) in [6.07, 6.45) is 5.74. The van der Waals surface area contributed by atoms with Gasteiger partial charge in [-0.2, -0.15) is 0 Å². The third-order valence-corrected chi connectivity index (χ3v) is 5.82. The quantitative estimate of drug-likeness (QED) is 0.682. The van der Waals surface area contributed by atoms with Crippen LogP contribution in [0.2, 0.25) is 0 Å². The van der Waals surface area contributed by atoms with Crippen molar-refractivity contribution in [3.05, 3.63) is 57.9 Å². The first-order valence-corrected chi connectivity index (χ1v) is 9.27. The summed E-state index contributed by atoms with van der Waals surface area (Å²) in [4.78, 5) is 17.2. The topological polar surface area (TPSA) is 70.9 Å². The molecule has 5 heteroatoms. The highest BCUT2D eigenvalue weighted by Gasteiger charge is 2.25. The summed E-state index contributed by atoms with van der Waals surface area (Å²) in [7, 11) is 0. The molecule has 4 rings (SSSR count). The molecule has 0 radical (unpaired) electrons. The van der Waals surface area contributed by atoms with Gasteiger partial charge in [-0.1, -0.05) is 18.2 Å². The summed E-state index contributed by atoms with van der Waals surface area (Å²) in [5.41, 5.74) is 9.64. The van der Waals surface area contributed by atoms with E-state index in [9.17, 15) is 4.79 Å². The number of amides is 1. The molecule has 1 aromatic carbocycles. The minimum absolute atomic E-state index is 0.0654. The van der Waals surface area contributed by atoms with E-state index >= 15 is 0 Å². The molecule has 0 spiro atoms. The number of H-pyrrole nitrogens is 1. The second-order valence-corrected chi connectivity index (χ2v) is 7.42. The molecule has 1 amide bonds. The number of benzene rings is 1. The van der Waals surface area contributed by atoms with Crippen molar-refractivity contribution in [2.24, 2.45) is 5.73 Å². The Morgan fingerprint density at radius 2 is 2.25 bits per heavy atom. The van der Waals surface area contributed by atoms with Gasteiger partial charge in [-0.3, -0.25) is 4.79 Å². The largest absolute Gasteiger partial charge is 0.361 e. The average Bonchev–Trinajstić information content (AvgIpc) is 3.23. The van der Waals surface area contributed by atoms with Gasteiger partial charge in [0, 0.05) is 22.0 Å². The summed E-state index contributed by atoms with van der Waals surface area (Å²) < 4.78 is 0. The lowest BCUT2D eigenvalue weighted by atomic mass is 9.93. The molecule has 3 aromatic rings. The van der Waals surface area contributed by atoms with E-state index in [1.54, 1.807) is 11.3 Å². The molecule has 1 unspecified atom stereocenters. The maximum atomic E-state index is 12.6. The number of carbonyl (C=O) groups is 1. The molecule has 1 aliphatic carbocycles. The maximum absolute atomic E-state index is 12.6. The zero-order valence-electron chi connectivity index (χ0n) is 13.4. The van der Waals surface area contributed by atoms with Crippen molar-refractivity contribution in [2.45, 2.75) is 37.8 Å². The fourth-order valence-corrected chi connectivity index (χ4v) is 4.53. The SMILES string of the molecule is N[C@@H](Cc1c[nH]c2ccccc12)C(=O)NC1CCCc2sccc21. The van der Waals surface area contributed by atoms with Crippen LogP contribution in [-0.4, -0.2) is 16.9 Å². The Bertz CT molecular complexity index is 866. The Kier molecular flexibility index (Phi) is 4.12. The van der Waals surface area contributed by atoms with Crippen LogP contribution in [0.3, 0.4) is 0 Å². The number of aromatic amines is 1. The molecule has 0 fully saturated rings. The van der Waals surface area contributed by atoms with Gasteiger partial charge in [0.25, 0.3) is 0 Å². The van der Waals surface area contributed by atoms with Crippen molar-refractivity contribution >= 4 is 28.1 Å². The highest BCUT2D eigenvalue weighted by molar-refractivity contribution is 7.10. The fraction of sp³-hybridized carbons (Fsp3) is 0.316. The Morgan fingerprint density at radius 1 is 1.38 bits per heavy atom. The van der Waals surface area contributed by atoms with Crippen LogP contribution < -0.4 is 11.1 Å². The van der Waals surface area contributed by atoms with Gasteiger partial charge >= 0.3 is 0 Å². The summed E-state index contributed by atoms with van der Waals surface area (Å²) in [6.45, 7) is 0. The molecule has 2 atom stereocenters. The summed E-state index contributed by atoms with van der Waals surface area (Å²) in [5, 5.41) is 6.40. The number of nitrogens with two attached hydrogens (primary N) is 1. The van der Waals surface area contributed by atoms with Crippen LogP contribution in [0, 0.1) is 0 Å². The van der Waals surface area contributed by atoms with Crippen LogP contribution >= 0.6 is 11.3 Å². The van der Waals surface area contributed by atoms with Crippen LogP contribution in [0.4, 0.5) is 0 Å². The molecule has 0 bridgehead atoms. The molecule has 4 N–H and O–H groups in total. The second-order valence-electron chi connectivity index (χ2n) is 6.42. The first-order valence-electron chi connectivity index (χ1n) is 8.39. The Balaban J connectivity index is 1.45. The van der Waals surface area contributed by atoms with Crippen LogP contribution in [0.1, 0.15) is 34.9 Å². The molecule has 0 aliphatic heterocycles. The van der Waals surface area contributed by atoms with Crippen molar-refractivity contribution < 1.29 is 4.79 Å². The lowest BCUT2D eigenvalue weighted by molar-refractivity contribution is -0.123. The number of aryl methyl sites for hydroxylation is 1. The van der Waals surface area contributed by atoms with Crippen LogP contribution in [0.5, 0.6) is 0 Å². The molecule has 2 aromatic heterocycles. The highest BCUT2D eigenvalue weighted by Crippen LogP contribution is 2.33. The third-order valence-electron chi connectivity index (χ3n) is 4.82. The van der Waals surface area contributed by atoms with Gasteiger partial charge in [0.2, 0.25) is 5.91 Å². The van der Waals surface area contributed by atoms with E-state index in [2.05, 4.69) is 27.8 Å². The average molecular weight is 339 g/mol. The van der Waals surface area contributed by atoms with Gasteiger partial charge < -0.3 is 16.0 Å². The van der Waals surface area contributed by atoms with Crippen molar-refractivity contribution in [2.75, 3.05) is 0 Å². The predicted octanol–water partition coefficient (Wildman–Crippen LogP) is 3.29. The van der Waals surface area contributed by atoms with E-state index in [1.807, 2.05) is 24.4 Å². The van der Waals surface area contributed by atoms with Crippen molar-refractivity contribution in [1.29, 1.82) is 0 Å². The Hall–Kier alpha value is -2.11. The number of carbonyl (C=O) groups excluding carboxylic acids is 1. The minimum atomic E-state index is -0.534. The van der Waals surface area contributed by atoms with Crippen LogP contribution in [0.15, 0.2) is 41.9 Å². The molecule has 124 valence electrons. The van der Waals surface area contributed by atoms with Crippen molar-refractivity contribution in [3.8, 4) is 0 Å². The van der Waals surface area contributed by atoms with Crippen LogP contribution in [0.25, 0.3) is 10.9 Å². The van der Waals surface area contributed by atoms with E-state index in [0.29, 0.717) is 6.42 Å². The lowest BCUT2D eigenvalue weighted by Gasteiger charge is -2.25. The van der Waals surface area contributed by atoms with Crippen molar-refractivity contribution in [1.82, 2.24) is 10.3 Å². The van der Waals surface area contributed by atoms with E-state index < -0.39 is 6.04 Å². The minimum Gasteiger partial charge on any atom is -0.361 e. The van der Waals surface area contributed by atoms with Gasteiger partial charge in [-0.05, 0) is 54.3 Å². The number of rotatable bonds is 4.